The number of carbonyl (C=O) groups excluding carboxylic acids is 2. The lowest BCUT2D eigenvalue weighted by Gasteiger charge is -2.26. The van der Waals surface area contributed by atoms with Crippen LogP contribution in [0.2, 0.25) is 0 Å². The van der Waals surface area contributed by atoms with E-state index in [0.717, 1.165) is 6.26 Å². The van der Waals surface area contributed by atoms with Crippen molar-refractivity contribution in [3.63, 3.8) is 0 Å². The molecule has 2 aromatic carbocycles. The SMILES string of the molecule is CNC(=O)c1c(-c2ccc(F)cc2)oc2cc3c(cc12)C(C)N(C(C)=O)CCN3S(C)(=O)=O. The van der Waals surface area contributed by atoms with Crippen LogP contribution >= 0.6 is 0 Å². The summed E-state index contributed by atoms with van der Waals surface area (Å²) in [7, 11) is -2.16. The summed E-state index contributed by atoms with van der Waals surface area (Å²) in [5.41, 5.74) is 2.03. The molecule has 0 saturated carbocycles. The summed E-state index contributed by atoms with van der Waals surface area (Å²) in [5.74, 6) is -0.774. The van der Waals surface area contributed by atoms with E-state index >= 15 is 0 Å². The van der Waals surface area contributed by atoms with Crippen LogP contribution < -0.4 is 9.62 Å². The zero-order valence-electron chi connectivity index (χ0n) is 18.7. The van der Waals surface area contributed by atoms with Crippen molar-refractivity contribution in [2.45, 2.75) is 19.9 Å². The van der Waals surface area contributed by atoms with E-state index in [2.05, 4.69) is 5.32 Å². The topological polar surface area (TPSA) is 99.9 Å². The van der Waals surface area contributed by atoms with E-state index < -0.39 is 27.8 Å². The van der Waals surface area contributed by atoms with E-state index in [0.29, 0.717) is 27.8 Å². The summed E-state index contributed by atoms with van der Waals surface area (Å²) in [6, 6.07) is 8.41. The Kier molecular flexibility index (Phi) is 5.65. The maximum absolute atomic E-state index is 13.5. The van der Waals surface area contributed by atoms with Crippen LogP contribution in [0.4, 0.5) is 10.1 Å². The first-order valence-electron chi connectivity index (χ1n) is 10.4. The third kappa shape index (κ3) is 3.95. The van der Waals surface area contributed by atoms with Crippen LogP contribution in [0.15, 0.2) is 40.8 Å². The normalized spacial score (nSPS) is 16.5. The molecule has 0 saturated heterocycles. The van der Waals surface area contributed by atoms with Crippen LogP contribution in [0.5, 0.6) is 0 Å². The number of carbonyl (C=O) groups is 2. The number of sulfonamides is 1. The van der Waals surface area contributed by atoms with E-state index in [-0.39, 0.29) is 30.3 Å². The molecule has 8 nitrogen and oxygen atoms in total. The van der Waals surface area contributed by atoms with Crippen molar-refractivity contribution in [2.24, 2.45) is 0 Å². The highest BCUT2D eigenvalue weighted by Gasteiger charge is 2.33. The fourth-order valence-corrected chi connectivity index (χ4v) is 5.24. The maximum Gasteiger partial charge on any atom is 0.255 e. The Labute approximate surface area is 191 Å². The van der Waals surface area contributed by atoms with Crippen LogP contribution in [0, 0.1) is 5.82 Å². The number of fused-ring (bicyclic) bond motifs is 2. The number of rotatable bonds is 3. The molecule has 2 amide bonds. The predicted octanol–water partition coefficient (Wildman–Crippen LogP) is 3.29. The Bertz CT molecular complexity index is 1360. The van der Waals surface area contributed by atoms with Crippen LogP contribution in [0.25, 0.3) is 22.3 Å². The first kappa shape index (κ1) is 22.8. The molecule has 1 aromatic heterocycles. The Balaban J connectivity index is 2.04. The highest BCUT2D eigenvalue weighted by Crippen LogP contribution is 2.42. The third-order valence-corrected chi connectivity index (χ3v) is 7.11. The van der Waals surface area contributed by atoms with Crippen LogP contribution in [0.3, 0.4) is 0 Å². The van der Waals surface area contributed by atoms with Gasteiger partial charge in [-0.25, -0.2) is 12.8 Å². The fraction of sp³-hybridized carbons (Fsp3) is 0.304. The Morgan fingerprint density at radius 3 is 2.39 bits per heavy atom. The van der Waals surface area contributed by atoms with Crippen molar-refractivity contribution in [1.29, 1.82) is 0 Å². The summed E-state index contributed by atoms with van der Waals surface area (Å²) >= 11 is 0. The van der Waals surface area contributed by atoms with Gasteiger partial charge in [-0.2, -0.15) is 0 Å². The first-order chi connectivity index (χ1) is 15.5. The smallest absolute Gasteiger partial charge is 0.255 e. The second-order valence-electron chi connectivity index (χ2n) is 8.02. The van der Waals surface area contributed by atoms with E-state index in [1.165, 1.54) is 42.5 Å². The first-order valence-corrected chi connectivity index (χ1v) is 12.2. The number of halogens is 1. The summed E-state index contributed by atoms with van der Waals surface area (Å²) in [6.45, 7) is 3.57. The molecule has 0 fully saturated rings. The lowest BCUT2D eigenvalue weighted by Crippen LogP contribution is -2.37. The number of hydrogen-bond donors (Lipinski definition) is 1. The van der Waals surface area contributed by atoms with Crippen molar-refractivity contribution in [3.8, 4) is 11.3 Å². The summed E-state index contributed by atoms with van der Waals surface area (Å²) in [5, 5.41) is 3.07. The van der Waals surface area contributed by atoms with Crippen molar-refractivity contribution >= 4 is 38.5 Å². The fourth-order valence-electron chi connectivity index (χ4n) is 4.31. The average Bonchev–Trinajstić information content (AvgIpc) is 3.05. The minimum Gasteiger partial charge on any atom is -0.455 e. The van der Waals surface area contributed by atoms with Crippen molar-refractivity contribution in [2.75, 3.05) is 30.7 Å². The standard InChI is InChI=1S/C23H24FN3O5S/c1-13-17-11-18-20(12-19(17)27(33(4,30)31)10-9-26(13)14(2)28)32-22(21(18)23(29)25-3)15-5-7-16(24)8-6-15/h5-8,11-13H,9-10H2,1-4H3,(H,25,29). The molecule has 1 atom stereocenters. The molecule has 2 heterocycles. The molecular weight excluding hydrogens is 449 g/mol. The van der Waals surface area contributed by atoms with Gasteiger partial charge in [-0.3, -0.25) is 13.9 Å². The number of amides is 2. The van der Waals surface area contributed by atoms with E-state index in [4.69, 9.17) is 4.42 Å². The lowest BCUT2D eigenvalue weighted by atomic mass is 9.99. The molecule has 1 unspecified atom stereocenters. The van der Waals surface area contributed by atoms with Gasteiger partial charge in [-0.1, -0.05) is 0 Å². The van der Waals surface area contributed by atoms with Gasteiger partial charge in [-0.15, -0.1) is 0 Å². The molecule has 1 aliphatic rings. The zero-order valence-corrected chi connectivity index (χ0v) is 19.5. The second kappa shape index (κ2) is 8.18. The van der Waals surface area contributed by atoms with Crippen LogP contribution in [0.1, 0.15) is 35.8 Å². The van der Waals surface area contributed by atoms with E-state index in [9.17, 15) is 22.4 Å². The van der Waals surface area contributed by atoms with Gasteiger partial charge in [0, 0.05) is 37.5 Å². The molecule has 10 heteroatoms. The predicted molar refractivity (Wildman–Crippen MR) is 123 cm³/mol. The Morgan fingerprint density at radius 2 is 1.82 bits per heavy atom. The zero-order chi connectivity index (χ0) is 24.1. The minimum absolute atomic E-state index is 0.0924. The molecule has 0 aliphatic carbocycles. The number of furan rings is 1. The largest absolute Gasteiger partial charge is 0.455 e. The third-order valence-electron chi connectivity index (χ3n) is 5.93. The highest BCUT2D eigenvalue weighted by atomic mass is 32.2. The Morgan fingerprint density at radius 1 is 1.15 bits per heavy atom. The number of hydrogen-bond acceptors (Lipinski definition) is 5. The Hall–Kier alpha value is -3.40. The van der Waals surface area contributed by atoms with Gasteiger partial charge in [-0.05, 0) is 42.8 Å². The van der Waals surface area contributed by atoms with E-state index in [1.54, 1.807) is 17.0 Å². The quantitative estimate of drug-likeness (QED) is 0.629. The van der Waals surface area contributed by atoms with Gasteiger partial charge in [0.05, 0.1) is 30.1 Å². The van der Waals surface area contributed by atoms with Crippen molar-refractivity contribution in [1.82, 2.24) is 10.2 Å². The molecule has 1 N–H and O–H groups in total. The molecule has 4 rings (SSSR count). The number of anilines is 1. The monoisotopic (exact) mass is 473 g/mol. The number of benzene rings is 2. The van der Waals surface area contributed by atoms with Gasteiger partial charge < -0.3 is 14.6 Å². The average molecular weight is 474 g/mol. The van der Waals surface area contributed by atoms with Crippen LogP contribution in [-0.4, -0.2) is 51.5 Å². The maximum atomic E-state index is 13.5. The van der Waals surface area contributed by atoms with E-state index in [1.807, 2.05) is 6.92 Å². The number of nitrogens with zero attached hydrogens (tertiary/aromatic N) is 2. The van der Waals surface area contributed by atoms with Gasteiger partial charge >= 0.3 is 0 Å². The molecule has 0 radical (unpaired) electrons. The van der Waals surface area contributed by atoms with Crippen LogP contribution in [-0.2, 0) is 14.8 Å². The van der Waals surface area contributed by atoms with Crippen molar-refractivity contribution < 1.29 is 26.8 Å². The highest BCUT2D eigenvalue weighted by molar-refractivity contribution is 7.92. The summed E-state index contributed by atoms with van der Waals surface area (Å²) in [6.07, 6.45) is 1.11. The molecule has 3 aromatic rings. The van der Waals surface area contributed by atoms with Gasteiger partial charge in [0.1, 0.15) is 17.2 Å². The molecule has 1 aliphatic heterocycles. The minimum atomic E-state index is -3.65. The molecule has 0 spiro atoms. The summed E-state index contributed by atoms with van der Waals surface area (Å²) < 4.78 is 45.9. The van der Waals surface area contributed by atoms with Gasteiger partial charge in [0.2, 0.25) is 15.9 Å². The summed E-state index contributed by atoms with van der Waals surface area (Å²) in [4.78, 5) is 26.7. The molecule has 174 valence electrons. The second-order valence-corrected chi connectivity index (χ2v) is 9.93. The molecule has 33 heavy (non-hydrogen) atoms. The van der Waals surface area contributed by atoms with Gasteiger partial charge in [0.25, 0.3) is 5.91 Å². The molecular formula is C23H24FN3O5S. The van der Waals surface area contributed by atoms with Crippen molar-refractivity contribution in [3.05, 3.63) is 53.3 Å². The molecule has 0 bridgehead atoms. The number of nitrogens with one attached hydrogen (secondary N) is 1. The lowest BCUT2D eigenvalue weighted by molar-refractivity contribution is -0.130. The van der Waals surface area contributed by atoms with Gasteiger partial charge in [0.15, 0.2) is 0 Å².